The highest BCUT2D eigenvalue weighted by Crippen LogP contribution is 2.32. The summed E-state index contributed by atoms with van der Waals surface area (Å²) in [6.45, 7) is 3.08. The summed E-state index contributed by atoms with van der Waals surface area (Å²) >= 11 is 0. The molecule has 2 amide bonds. The summed E-state index contributed by atoms with van der Waals surface area (Å²) in [5.74, 6) is 1.07. The Balaban J connectivity index is 1.29. The molecule has 0 spiro atoms. The van der Waals surface area contributed by atoms with Gasteiger partial charge in [-0.2, -0.15) is 0 Å². The van der Waals surface area contributed by atoms with Gasteiger partial charge in [0.25, 0.3) is 0 Å². The van der Waals surface area contributed by atoms with Gasteiger partial charge in [0.15, 0.2) is 0 Å². The number of ether oxygens (including phenoxy) is 1. The highest BCUT2D eigenvalue weighted by Gasteiger charge is 2.34. The van der Waals surface area contributed by atoms with Crippen LogP contribution in [0.15, 0.2) is 42.5 Å². The number of carbonyl (C=O) groups excluding carboxylic acids is 1. The second kappa shape index (κ2) is 9.02. The smallest absolute Gasteiger partial charge is 0.321 e. The molecule has 0 aromatic heterocycles. The lowest BCUT2D eigenvalue weighted by atomic mass is 9.86. The summed E-state index contributed by atoms with van der Waals surface area (Å²) in [5.41, 5.74) is 9.08. The van der Waals surface area contributed by atoms with Crippen molar-refractivity contribution in [3.8, 4) is 5.75 Å². The van der Waals surface area contributed by atoms with Crippen molar-refractivity contribution < 1.29 is 13.9 Å². The van der Waals surface area contributed by atoms with E-state index >= 15 is 0 Å². The maximum atomic E-state index is 13.7. The van der Waals surface area contributed by atoms with Crippen molar-refractivity contribution in [3.63, 3.8) is 0 Å². The van der Waals surface area contributed by atoms with Crippen molar-refractivity contribution in [2.24, 2.45) is 5.92 Å². The molecule has 2 fully saturated rings. The molecule has 0 bridgehead atoms. The first-order valence-corrected chi connectivity index (χ1v) is 10.5. The van der Waals surface area contributed by atoms with Crippen LogP contribution in [0.4, 0.5) is 14.9 Å². The van der Waals surface area contributed by atoms with Crippen LogP contribution in [0, 0.1) is 18.7 Å². The summed E-state index contributed by atoms with van der Waals surface area (Å²) in [6, 6.07) is 13.4. The number of nitrogens with one attached hydrogen (secondary N) is 3. The predicted molar refractivity (Wildman–Crippen MR) is 115 cm³/mol. The fourth-order valence-electron chi connectivity index (χ4n) is 4.41. The van der Waals surface area contributed by atoms with Crippen molar-refractivity contribution in [1.82, 2.24) is 15.8 Å². The van der Waals surface area contributed by atoms with E-state index in [1.54, 1.807) is 26.2 Å². The first-order valence-electron chi connectivity index (χ1n) is 10.5. The largest absolute Gasteiger partial charge is 0.497 e. The van der Waals surface area contributed by atoms with E-state index in [2.05, 4.69) is 28.3 Å². The number of carbonyl (C=O) groups is 1. The molecule has 2 atom stereocenters. The highest BCUT2D eigenvalue weighted by molar-refractivity contribution is 5.90. The van der Waals surface area contributed by atoms with E-state index in [9.17, 15) is 9.18 Å². The maximum absolute atomic E-state index is 13.7. The van der Waals surface area contributed by atoms with Crippen LogP contribution in [0.3, 0.4) is 0 Å². The summed E-state index contributed by atoms with van der Waals surface area (Å²) in [5, 5.41) is 2.85. The lowest BCUT2D eigenvalue weighted by Gasteiger charge is -2.34. The summed E-state index contributed by atoms with van der Waals surface area (Å²) in [6.07, 6.45) is 2.89. The number of methoxy groups -OCH3 is 1. The van der Waals surface area contributed by atoms with Gasteiger partial charge in [0, 0.05) is 36.4 Å². The maximum Gasteiger partial charge on any atom is 0.321 e. The number of anilines is 1. The van der Waals surface area contributed by atoms with Crippen molar-refractivity contribution in [2.75, 3.05) is 25.5 Å². The van der Waals surface area contributed by atoms with Gasteiger partial charge in [-0.3, -0.25) is 10.9 Å². The van der Waals surface area contributed by atoms with E-state index in [1.807, 2.05) is 17.0 Å². The number of halogens is 1. The van der Waals surface area contributed by atoms with Gasteiger partial charge < -0.3 is 15.0 Å². The van der Waals surface area contributed by atoms with E-state index in [1.165, 1.54) is 11.6 Å². The lowest BCUT2D eigenvalue weighted by molar-refractivity contribution is 0.169. The molecule has 7 heteroatoms. The Morgan fingerprint density at radius 2 is 1.93 bits per heavy atom. The second-order valence-electron chi connectivity index (χ2n) is 8.13. The van der Waals surface area contributed by atoms with Crippen LogP contribution < -0.4 is 20.9 Å². The molecular formula is C23H29FN4O2. The Hall–Kier alpha value is -2.64. The van der Waals surface area contributed by atoms with Crippen molar-refractivity contribution in [2.45, 2.75) is 38.3 Å². The zero-order valence-corrected chi connectivity index (χ0v) is 17.5. The minimum absolute atomic E-state index is 0.158. The number of benzene rings is 2. The summed E-state index contributed by atoms with van der Waals surface area (Å²) in [7, 11) is 1.68. The number of nitrogens with zero attached hydrogens (tertiary/aromatic N) is 1. The normalized spacial score (nSPS) is 22.2. The summed E-state index contributed by atoms with van der Waals surface area (Å²) in [4.78, 5) is 14.4. The van der Waals surface area contributed by atoms with Gasteiger partial charge in [-0.25, -0.2) is 9.18 Å². The molecule has 2 aliphatic rings. The molecular weight excluding hydrogens is 383 g/mol. The van der Waals surface area contributed by atoms with Gasteiger partial charge in [0.2, 0.25) is 0 Å². The zero-order chi connectivity index (χ0) is 21.1. The minimum atomic E-state index is -0.308. The van der Waals surface area contributed by atoms with Gasteiger partial charge >= 0.3 is 6.03 Å². The number of likely N-dealkylation sites (tertiary alicyclic amines) is 1. The Labute approximate surface area is 176 Å². The fourth-order valence-corrected chi connectivity index (χ4v) is 4.41. The van der Waals surface area contributed by atoms with Crippen LogP contribution in [-0.4, -0.2) is 37.2 Å². The molecule has 30 heavy (non-hydrogen) atoms. The van der Waals surface area contributed by atoms with E-state index in [4.69, 9.17) is 4.74 Å². The average molecular weight is 413 g/mol. The number of hydrazine groups is 1. The van der Waals surface area contributed by atoms with E-state index in [0.717, 1.165) is 25.0 Å². The van der Waals surface area contributed by atoms with Crippen LogP contribution in [0.25, 0.3) is 0 Å². The van der Waals surface area contributed by atoms with Gasteiger partial charge in [-0.1, -0.05) is 18.2 Å². The molecule has 4 rings (SSSR count). The van der Waals surface area contributed by atoms with Gasteiger partial charge in [-0.05, 0) is 61.9 Å². The number of hydrogen-bond donors (Lipinski definition) is 3. The van der Waals surface area contributed by atoms with Gasteiger partial charge in [0.1, 0.15) is 11.6 Å². The lowest BCUT2D eigenvalue weighted by Crippen LogP contribution is -2.45. The molecule has 0 radical (unpaired) electrons. The average Bonchev–Trinajstić information content (AvgIpc) is 3.27. The van der Waals surface area contributed by atoms with Crippen LogP contribution in [0.5, 0.6) is 5.75 Å². The molecule has 160 valence electrons. The standard InChI is InChI=1S/C23H29FN4O2/c1-15-19(24)7-4-8-20(15)25-23(29)28-11-9-16(10-12-28)21-14-22(27-26-21)17-5-3-6-18(13-17)30-2/h3-8,13,16,21-22,26-27H,9-12,14H2,1-2H3,(H,25,29). The molecule has 2 aliphatic heterocycles. The molecule has 2 aromatic carbocycles. The van der Waals surface area contributed by atoms with Gasteiger partial charge in [0.05, 0.1) is 7.11 Å². The van der Waals surface area contributed by atoms with Crippen LogP contribution in [0.1, 0.15) is 36.4 Å². The van der Waals surface area contributed by atoms with Gasteiger partial charge in [-0.15, -0.1) is 0 Å². The molecule has 0 aliphatic carbocycles. The first-order chi connectivity index (χ1) is 14.5. The second-order valence-corrected chi connectivity index (χ2v) is 8.13. The molecule has 6 nitrogen and oxygen atoms in total. The number of piperidine rings is 1. The third-order valence-electron chi connectivity index (χ3n) is 6.33. The number of urea groups is 1. The van der Waals surface area contributed by atoms with E-state index < -0.39 is 0 Å². The quantitative estimate of drug-likeness (QED) is 0.710. The highest BCUT2D eigenvalue weighted by atomic mass is 19.1. The molecule has 2 aromatic rings. The SMILES string of the molecule is COc1cccc(C2CC(C3CCN(C(=O)Nc4cccc(F)c4C)CC3)NN2)c1. The third kappa shape index (κ3) is 4.42. The molecule has 3 N–H and O–H groups in total. The Bertz CT molecular complexity index is 899. The molecule has 2 saturated heterocycles. The van der Waals surface area contributed by atoms with Crippen molar-refractivity contribution >= 4 is 11.7 Å². The zero-order valence-electron chi connectivity index (χ0n) is 17.5. The topological polar surface area (TPSA) is 65.6 Å². The Morgan fingerprint density at radius 1 is 1.17 bits per heavy atom. The molecule has 2 heterocycles. The van der Waals surface area contributed by atoms with E-state index in [-0.39, 0.29) is 17.9 Å². The van der Waals surface area contributed by atoms with Crippen molar-refractivity contribution in [3.05, 3.63) is 59.4 Å². The van der Waals surface area contributed by atoms with E-state index in [0.29, 0.717) is 36.3 Å². The van der Waals surface area contributed by atoms with Crippen molar-refractivity contribution in [1.29, 1.82) is 0 Å². The Kier molecular flexibility index (Phi) is 6.20. The number of rotatable bonds is 4. The summed E-state index contributed by atoms with van der Waals surface area (Å²) < 4.78 is 19.0. The predicted octanol–water partition coefficient (Wildman–Crippen LogP) is 3.99. The first kappa shape index (κ1) is 20.6. The monoisotopic (exact) mass is 412 g/mol. The molecule has 0 saturated carbocycles. The minimum Gasteiger partial charge on any atom is -0.497 e. The number of hydrogen-bond acceptors (Lipinski definition) is 4. The molecule has 2 unspecified atom stereocenters. The Morgan fingerprint density at radius 3 is 2.70 bits per heavy atom. The van der Waals surface area contributed by atoms with Crippen LogP contribution in [-0.2, 0) is 0 Å². The van der Waals surface area contributed by atoms with Crippen LogP contribution in [0.2, 0.25) is 0 Å². The number of amides is 2. The van der Waals surface area contributed by atoms with Crippen LogP contribution >= 0.6 is 0 Å². The fraction of sp³-hybridized carbons (Fsp3) is 0.435. The third-order valence-corrected chi connectivity index (χ3v) is 6.33.